The van der Waals surface area contributed by atoms with Crippen molar-refractivity contribution < 1.29 is 9.90 Å². The first-order valence-corrected chi connectivity index (χ1v) is 5.02. The van der Waals surface area contributed by atoms with Gasteiger partial charge >= 0.3 is 0 Å². The first-order chi connectivity index (χ1) is 7.22. The van der Waals surface area contributed by atoms with Gasteiger partial charge in [-0.25, -0.2) is 0 Å². The lowest BCUT2D eigenvalue weighted by Gasteiger charge is -2.12. The van der Waals surface area contributed by atoms with Crippen molar-refractivity contribution in [3.8, 4) is 5.75 Å². The number of carbonyl (C=O) groups is 1. The molecule has 0 spiro atoms. The van der Waals surface area contributed by atoms with Gasteiger partial charge in [0.15, 0.2) is 5.75 Å². The van der Waals surface area contributed by atoms with Crippen molar-refractivity contribution in [2.45, 2.75) is 13.8 Å². The highest BCUT2D eigenvalue weighted by molar-refractivity contribution is 5.84. The molecule has 0 radical (unpaired) electrons. The van der Waals surface area contributed by atoms with E-state index in [9.17, 15) is 9.90 Å². The molecule has 0 atom stereocenters. The minimum absolute atomic E-state index is 0.157. The summed E-state index contributed by atoms with van der Waals surface area (Å²) in [5.41, 5.74) is 1.70. The molecule has 4 nitrogen and oxygen atoms in total. The zero-order valence-electron chi connectivity index (χ0n) is 9.00. The predicted molar refractivity (Wildman–Crippen MR) is 61.8 cm³/mol. The number of anilines is 2. The fraction of sp³-hybridized carbons (Fsp3) is 0.364. The smallest absolute Gasteiger partial charge is 0.162 e. The fourth-order valence-electron chi connectivity index (χ4n) is 1.38. The molecule has 0 unspecified atom stereocenters. The van der Waals surface area contributed by atoms with Gasteiger partial charge in [0.05, 0.1) is 11.4 Å². The van der Waals surface area contributed by atoms with E-state index in [1.165, 1.54) is 0 Å². The van der Waals surface area contributed by atoms with Crippen molar-refractivity contribution in [3.05, 3.63) is 17.7 Å². The molecule has 0 aliphatic heterocycles. The minimum atomic E-state index is 0.157. The number of phenolic OH excluding ortho intramolecular Hbond substituents is 1. The quantitative estimate of drug-likeness (QED) is 0.512. The molecule has 0 aromatic heterocycles. The topological polar surface area (TPSA) is 61.4 Å². The maximum atomic E-state index is 10.7. The van der Waals surface area contributed by atoms with Crippen LogP contribution in [-0.4, -0.2) is 24.5 Å². The molecule has 0 aliphatic carbocycles. The molecule has 82 valence electrons. The molecule has 0 heterocycles. The van der Waals surface area contributed by atoms with Crippen molar-refractivity contribution in [1.82, 2.24) is 0 Å². The van der Waals surface area contributed by atoms with Crippen molar-refractivity contribution in [2.75, 3.05) is 23.7 Å². The molecule has 1 rings (SSSR count). The Bertz CT molecular complexity index is 323. The maximum Gasteiger partial charge on any atom is 0.162 e. The monoisotopic (exact) mass is 208 g/mol. The summed E-state index contributed by atoms with van der Waals surface area (Å²) >= 11 is 0. The summed E-state index contributed by atoms with van der Waals surface area (Å²) in [6, 6.07) is 3.26. The van der Waals surface area contributed by atoms with Gasteiger partial charge in [0, 0.05) is 18.7 Å². The van der Waals surface area contributed by atoms with E-state index in [2.05, 4.69) is 10.6 Å². The van der Waals surface area contributed by atoms with Gasteiger partial charge in [0.25, 0.3) is 0 Å². The fourth-order valence-corrected chi connectivity index (χ4v) is 1.38. The Morgan fingerprint density at radius 2 is 1.67 bits per heavy atom. The second-order valence-corrected chi connectivity index (χ2v) is 3.14. The first-order valence-electron chi connectivity index (χ1n) is 5.02. The van der Waals surface area contributed by atoms with Crippen LogP contribution in [0.2, 0.25) is 0 Å². The Morgan fingerprint density at radius 3 is 2.00 bits per heavy atom. The van der Waals surface area contributed by atoms with Crippen molar-refractivity contribution in [3.63, 3.8) is 0 Å². The van der Waals surface area contributed by atoms with Crippen LogP contribution in [0.4, 0.5) is 11.4 Å². The largest absolute Gasteiger partial charge is 0.504 e. The van der Waals surface area contributed by atoms with Gasteiger partial charge in [-0.2, -0.15) is 0 Å². The average Bonchev–Trinajstić information content (AvgIpc) is 2.24. The van der Waals surface area contributed by atoms with Crippen LogP contribution >= 0.6 is 0 Å². The standard InChI is InChI=1S/C11H16N2O2/c1-3-12-9-5-8(7-14)6-10(11(9)15)13-4-2/h5-7,12-13,15H,3-4H2,1-2H3. The van der Waals surface area contributed by atoms with Gasteiger partial charge in [0.2, 0.25) is 0 Å². The SMILES string of the molecule is CCNc1cc(C=O)cc(NCC)c1O. The number of carbonyl (C=O) groups excluding carboxylic acids is 1. The number of phenols is 1. The Hall–Kier alpha value is -1.71. The highest BCUT2D eigenvalue weighted by atomic mass is 16.3. The van der Waals surface area contributed by atoms with Gasteiger partial charge in [-0.15, -0.1) is 0 Å². The van der Waals surface area contributed by atoms with Crippen LogP contribution < -0.4 is 10.6 Å². The summed E-state index contributed by atoms with van der Waals surface area (Å²) < 4.78 is 0. The molecule has 1 aromatic carbocycles. The summed E-state index contributed by atoms with van der Waals surface area (Å²) in [6.45, 7) is 5.25. The number of hydrogen-bond acceptors (Lipinski definition) is 4. The second kappa shape index (κ2) is 5.24. The van der Waals surface area contributed by atoms with Crippen molar-refractivity contribution in [2.24, 2.45) is 0 Å². The van der Waals surface area contributed by atoms with E-state index in [-0.39, 0.29) is 5.75 Å². The summed E-state index contributed by atoms with van der Waals surface area (Å²) in [6.07, 6.45) is 0.765. The Kier molecular flexibility index (Phi) is 3.97. The molecule has 0 fully saturated rings. The Balaban J connectivity index is 3.14. The summed E-state index contributed by atoms with van der Waals surface area (Å²) in [5.74, 6) is 0.157. The molecule has 0 bridgehead atoms. The summed E-state index contributed by atoms with van der Waals surface area (Å²) in [7, 11) is 0. The highest BCUT2D eigenvalue weighted by Gasteiger charge is 2.08. The van der Waals surface area contributed by atoms with Crippen LogP contribution in [0.1, 0.15) is 24.2 Å². The van der Waals surface area contributed by atoms with E-state index >= 15 is 0 Å². The molecule has 1 aromatic rings. The molecule has 0 amide bonds. The Labute approximate surface area is 89.3 Å². The summed E-state index contributed by atoms with van der Waals surface area (Å²) in [5, 5.41) is 15.8. The van der Waals surface area contributed by atoms with Crippen LogP contribution in [0, 0.1) is 0 Å². The highest BCUT2D eigenvalue weighted by Crippen LogP contribution is 2.33. The third-order valence-electron chi connectivity index (χ3n) is 2.00. The molecule has 0 aliphatic rings. The average molecular weight is 208 g/mol. The van der Waals surface area contributed by atoms with Crippen molar-refractivity contribution in [1.29, 1.82) is 0 Å². The number of nitrogens with one attached hydrogen (secondary N) is 2. The lowest BCUT2D eigenvalue weighted by Crippen LogP contribution is -2.02. The van der Waals surface area contributed by atoms with Crippen LogP contribution in [0.25, 0.3) is 0 Å². The number of aldehydes is 1. The molecule has 15 heavy (non-hydrogen) atoms. The summed E-state index contributed by atoms with van der Waals surface area (Å²) in [4.78, 5) is 10.7. The lowest BCUT2D eigenvalue weighted by atomic mass is 10.1. The van der Waals surface area contributed by atoms with Gasteiger partial charge in [0.1, 0.15) is 6.29 Å². The van der Waals surface area contributed by atoms with Gasteiger partial charge in [-0.1, -0.05) is 0 Å². The van der Waals surface area contributed by atoms with E-state index < -0.39 is 0 Å². The zero-order chi connectivity index (χ0) is 11.3. The molecule has 3 N–H and O–H groups in total. The van der Waals surface area contributed by atoms with Crippen LogP contribution in [0.3, 0.4) is 0 Å². The Morgan fingerprint density at radius 1 is 1.20 bits per heavy atom. The van der Waals surface area contributed by atoms with Crippen LogP contribution in [0.15, 0.2) is 12.1 Å². The van der Waals surface area contributed by atoms with E-state index in [0.29, 0.717) is 30.0 Å². The molecule has 0 saturated carbocycles. The zero-order valence-corrected chi connectivity index (χ0v) is 9.00. The predicted octanol–water partition coefficient (Wildman–Crippen LogP) is 2.07. The lowest BCUT2D eigenvalue weighted by molar-refractivity contribution is 0.112. The molecular weight excluding hydrogens is 192 g/mol. The van der Waals surface area contributed by atoms with E-state index in [1.54, 1.807) is 12.1 Å². The molecular formula is C11H16N2O2. The van der Waals surface area contributed by atoms with Crippen LogP contribution in [-0.2, 0) is 0 Å². The van der Waals surface area contributed by atoms with E-state index in [1.807, 2.05) is 13.8 Å². The molecule has 4 heteroatoms. The number of rotatable bonds is 5. The van der Waals surface area contributed by atoms with E-state index in [0.717, 1.165) is 6.29 Å². The normalized spacial score (nSPS) is 9.73. The maximum absolute atomic E-state index is 10.7. The van der Waals surface area contributed by atoms with Crippen LogP contribution in [0.5, 0.6) is 5.75 Å². The second-order valence-electron chi connectivity index (χ2n) is 3.14. The van der Waals surface area contributed by atoms with Gasteiger partial charge in [-0.05, 0) is 26.0 Å². The van der Waals surface area contributed by atoms with Gasteiger partial charge in [-0.3, -0.25) is 4.79 Å². The first kappa shape index (κ1) is 11.4. The third kappa shape index (κ3) is 2.62. The number of aromatic hydroxyl groups is 1. The van der Waals surface area contributed by atoms with Gasteiger partial charge < -0.3 is 15.7 Å². The third-order valence-corrected chi connectivity index (χ3v) is 2.00. The molecule has 0 saturated heterocycles. The number of hydrogen-bond donors (Lipinski definition) is 3. The van der Waals surface area contributed by atoms with E-state index in [4.69, 9.17) is 0 Å². The van der Waals surface area contributed by atoms with Crippen molar-refractivity contribution >= 4 is 17.7 Å². The minimum Gasteiger partial charge on any atom is -0.504 e. The number of benzene rings is 1.